The van der Waals surface area contributed by atoms with Gasteiger partial charge in [0, 0.05) is 17.9 Å². The molecule has 0 radical (unpaired) electrons. The minimum absolute atomic E-state index is 0.00751. The van der Waals surface area contributed by atoms with Gasteiger partial charge in [0.25, 0.3) is 0 Å². The third-order valence-corrected chi connectivity index (χ3v) is 6.07. The van der Waals surface area contributed by atoms with Gasteiger partial charge in [0.15, 0.2) is 0 Å². The van der Waals surface area contributed by atoms with E-state index in [0.717, 1.165) is 38.5 Å². The summed E-state index contributed by atoms with van der Waals surface area (Å²) in [5.41, 5.74) is 2.71. The number of carbonyl (C=O) groups excluding carboxylic acids is 1. The van der Waals surface area contributed by atoms with E-state index in [9.17, 15) is 14.7 Å². The maximum Gasteiger partial charge on any atom is 0.326 e. The Kier molecular flexibility index (Phi) is 3.43. The summed E-state index contributed by atoms with van der Waals surface area (Å²) in [6.07, 6.45) is 6.60. The van der Waals surface area contributed by atoms with Gasteiger partial charge in [0.2, 0.25) is 5.91 Å². The van der Waals surface area contributed by atoms with Crippen LogP contribution in [0.2, 0.25) is 0 Å². The van der Waals surface area contributed by atoms with Crippen LogP contribution >= 0.6 is 0 Å². The molecule has 1 saturated heterocycles. The standard InChI is InChI=1S/C19H23NO3/c21-17(20-11-4-3-9-16(20)18(22)23)15-12-19(15)10-5-7-13-6-1-2-8-14(13)19/h1-2,6,8,15-16H,3-5,7,9-12H2,(H,22,23)/t15?,16-,19?/m1/s1. The van der Waals surface area contributed by atoms with E-state index < -0.39 is 12.0 Å². The van der Waals surface area contributed by atoms with Crippen molar-refractivity contribution in [3.05, 3.63) is 35.4 Å². The number of amides is 1. The Balaban J connectivity index is 1.59. The summed E-state index contributed by atoms with van der Waals surface area (Å²) in [6, 6.07) is 7.87. The van der Waals surface area contributed by atoms with Crippen molar-refractivity contribution in [2.24, 2.45) is 5.92 Å². The van der Waals surface area contributed by atoms with Gasteiger partial charge in [0.05, 0.1) is 0 Å². The van der Waals surface area contributed by atoms with E-state index >= 15 is 0 Å². The second kappa shape index (κ2) is 5.36. The predicted octanol–water partition coefficient (Wildman–Crippen LogP) is 2.75. The Morgan fingerprint density at radius 3 is 2.83 bits per heavy atom. The lowest BCUT2D eigenvalue weighted by Gasteiger charge is -2.34. The zero-order valence-electron chi connectivity index (χ0n) is 13.3. The molecule has 1 spiro atoms. The molecule has 1 heterocycles. The highest BCUT2D eigenvalue weighted by Crippen LogP contribution is 2.61. The predicted molar refractivity (Wildman–Crippen MR) is 86.2 cm³/mol. The van der Waals surface area contributed by atoms with Crippen molar-refractivity contribution in [1.29, 1.82) is 0 Å². The third kappa shape index (κ3) is 2.27. The van der Waals surface area contributed by atoms with Crippen molar-refractivity contribution >= 4 is 11.9 Å². The lowest BCUT2D eigenvalue weighted by Crippen LogP contribution is -2.49. The molecule has 1 aromatic carbocycles. The summed E-state index contributed by atoms with van der Waals surface area (Å²) in [7, 11) is 0. The van der Waals surface area contributed by atoms with Gasteiger partial charge in [-0.15, -0.1) is 0 Å². The first-order valence-electron chi connectivity index (χ1n) is 8.75. The van der Waals surface area contributed by atoms with Gasteiger partial charge in [-0.2, -0.15) is 0 Å². The highest BCUT2D eigenvalue weighted by atomic mass is 16.4. The van der Waals surface area contributed by atoms with Crippen LogP contribution in [0.4, 0.5) is 0 Å². The van der Waals surface area contributed by atoms with Crippen LogP contribution in [0.1, 0.15) is 49.7 Å². The van der Waals surface area contributed by atoms with Gasteiger partial charge in [-0.25, -0.2) is 4.79 Å². The average molecular weight is 313 g/mol. The highest BCUT2D eigenvalue weighted by molar-refractivity contribution is 5.89. The van der Waals surface area contributed by atoms with Crippen LogP contribution < -0.4 is 0 Å². The van der Waals surface area contributed by atoms with Crippen molar-refractivity contribution in [2.75, 3.05) is 6.54 Å². The second-order valence-corrected chi connectivity index (χ2v) is 7.30. The van der Waals surface area contributed by atoms with E-state index in [0.29, 0.717) is 13.0 Å². The van der Waals surface area contributed by atoms with Gasteiger partial charge < -0.3 is 10.0 Å². The van der Waals surface area contributed by atoms with Gasteiger partial charge in [-0.1, -0.05) is 24.3 Å². The van der Waals surface area contributed by atoms with E-state index in [4.69, 9.17) is 0 Å². The lowest BCUT2D eigenvalue weighted by molar-refractivity contribution is -0.152. The molecular weight excluding hydrogens is 290 g/mol. The van der Waals surface area contributed by atoms with Crippen LogP contribution in [0.25, 0.3) is 0 Å². The second-order valence-electron chi connectivity index (χ2n) is 7.30. The lowest BCUT2D eigenvalue weighted by atomic mass is 9.78. The molecule has 3 aliphatic rings. The molecular formula is C19H23NO3. The summed E-state index contributed by atoms with van der Waals surface area (Å²) >= 11 is 0. The first kappa shape index (κ1) is 14.7. The van der Waals surface area contributed by atoms with Crippen molar-refractivity contribution in [3.63, 3.8) is 0 Å². The number of carboxylic acid groups (broad SMARTS) is 1. The van der Waals surface area contributed by atoms with Gasteiger partial charge in [-0.3, -0.25) is 4.79 Å². The van der Waals surface area contributed by atoms with Crippen LogP contribution in [0, 0.1) is 5.92 Å². The Morgan fingerprint density at radius 2 is 2.00 bits per heavy atom. The van der Waals surface area contributed by atoms with Crippen molar-refractivity contribution < 1.29 is 14.7 Å². The van der Waals surface area contributed by atoms with Crippen LogP contribution in [0.3, 0.4) is 0 Å². The van der Waals surface area contributed by atoms with Crippen molar-refractivity contribution in [2.45, 2.75) is 56.4 Å². The molecule has 1 amide bonds. The molecule has 4 nitrogen and oxygen atoms in total. The number of hydrogen-bond donors (Lipinski definition) is 1. The van der Waals surface area contributed by atoms with Gasteiger partial charge in [0.1, 0.15) is 6.04 Å². The van der Waals surface area contributed by atoms with E-state index in [1.807, 2.05) is 0 Å². The molecule has 3 atom stereocenters. The van der Waals surface area contributed by atoms with E-state index in [-0.39, 0.29) is 17.2 Å². The molecule has 23 heavy (non-hydrogen) atoms. The number of piperidine rings is 1. The Bertz CT molecular complexity index is 656. The molecule has 1 saturated carbocycles. The molecule has 1 aromatic rings. The molecule has 122 valence electrons. The average Bonchev–Trinajstić information content (AvgIpc) is 3.29. The SMILES string of the molecule is O=C(O)[C@H]1CCCCN1C(=O)C1CC12CCCc1ccccc12. The number of carbonyl (C=O) groups is 2. The smallest absolute Gasteiger partial charge is 0.326 e. The summed E-state index contributed by atoms with van der Waals surface area (Å²) in [6.45, 7) is 0.601. The maximum atomic E-state index is 13.0. The molecule has 1 aliphatic heterocycles. The molecule has 4 rings (SSSR count). The van der Waals surface area contributed by atoms with Crippen molar-refractivity contribution in [1.82, 2.24) is 4.90 Å². The fourth-order valence-electron chi connectivity index (χ4n) is 4.81. The topological polar surface area (TPSA) is 57.6 Å². The molecule has 1 N–H and O–H groups in total. The van der Waals surface area contributed by atoms with Gasteiger partial charge >= 0.3 is 5.97 Å². The molecule has 4 heteroatoms. The van der Waals surface area contributed by atoms with E-state index in [1.165, 1.54) is 11.1 Å². The Morgan fingerprint density at radius 1 is 1.17 bits per heavy atom. The molecule has 0 bridgehead atoms. The van der Waals surface area contributed by atoms with E-state index in [2.05, 4.69) is 24.3 Å². The number of aryl methyl sites for hydroxylation is 1. The highest BCUT2D eigenvalue weighted by Gasteiger charge is 2.61. The number of hydrogen-bond acceptors (Lipinski definition) is 2. The zero-order chi connectivity index (χ0) is 16.0. The molecule has 2 unspecified atom stereocenters. The monoisotopic (exact) mass is 313 g/mol. The summed E-state index contributed by atoms with van der Waals surface area (Å²) in [5.74, 6) is -0.783. The quantitative estimate of drug-likeness (QED) is 0.913. The van der Waals surface area contributed by atoms with Crippen LogP contribution in [0.15, 0.2) is 24.3 Å². The van der Waals surface area contributed by atoms with Crippen molar-refractivity contribution in [3.8, 4) is 0 Å². The normalized spacial score (nSPS) is 32.4. The Labute approximate surface area is 136 Å². The van der Waals surface area contributed by atoms with Crippen LogP contribution in [0.5, 0.6) is 0 Å². The number of aliphatic carboxylic acids is 1. The van der Waals surface area contributed by atoms with Gasteiger partial charge in [-0.05, 0) is 56.1 Å². The number of fused-ring (bicyclic) bond motifs is 2. The summed E-state index contributed by atoms with van der Waals surface area (Å²) in [5, 5.41) is 9.43. The fourth-order valence-corrected chi connectivity index (χ4v) is 4.81. The first-order chi connectivity index (χ1) is 11.1. The number of nitrogens with zero attached hydrogens (tertiary/aromatic N) is 1. The van der Waals surface area contributed by atoms with Crippen LogP contribution in [-0.4, -0.2) is 34.5 Å². The third-order valence-electron chi connectivity index (χ3n) is 6.07. The number of carboxylic acids is 1. The zero-order valence-corrected chi connectivity index (χ0v) is 13.3. The largest absolute Gasteiger partial charge is 0.480 e. The van der Waals surface area contributed by atoms with E-state index in [1.54, 1.807) is 4.90 Å². The molecule has 2 aliphatic carbocycles. The summed E-state index contributed by atoms with van der Waals surface area (Å²) < 4.78 is 0. The maximum absolute atomic E-state index is 13.0. The number of likely N-dealkylation sites (tertiary alicyclic amines) is 1. The molecule has 0 aromatic heterocycles. The molecule has 2 fully saturated rings. The Hall–Kier alpha value is -1.84. The minimum Gasteiger partial charge on any atom is -0.480 e. The number of rotatable bonds is 2. The first-order valence-corrected chi connectivity index (χ1v) is 8.75. The number of benzene rings is 1. The van der Waals surface area contributed by atoms with Crippen LogP contribution in [-0.2, 0) is 21.4 Å². The fraction of sp³-hybridized carbons (Fsp3) is 0.579. The summed E-state index contributed by atoms with van der Waals surface area (Å²) in [4.78, 5) is 26.2. The minimum atomic E-state index is -0.850.